The molecule has 0 aromatic heterocycles. The van der Waals surface area contributed by atoms with E-state index in [0.717, 1.165) is 18.4 Å². The largest absolute Gasteiger partial charge is 0.465 e. The Balaban J connectivity index is 4.45. The molecule has 0 amide bonds. The Bertz CT molecular complexity index is 557. The summed E-state index contributed by atoms with van der Waals surface area (Å²) in [5.41, 5.74) is 2.09. The third-order valence-corrected chi connectivity index (χ3v) is 2.96. The molecule has 0 heterocycles. The standard InChI is InChI=1S/C18H23NO3/c1-5-16(18(21)22-4)13-14(2)9-7-6-8-10-15(3)17(20)11-12-19/h5,7,9-10,13H,6,8,11H2,1-4H3/b9-7+,14-13+,15-10+,16-5+. The second-order valence-corrected chi connectivity index (χ2v) is 4.75. The lowest BCUT2D eigenvalue weighted by molar-refractivity contribution is -0.135. The number of rotatable bonds is 8. The monoisotopic (exact) mass is 301 g/mol. The summed E-state index contributed by atoms with van der Waals surface area (Å²) >= 11 is 0. The molecule has 0 aromatic rings. The van der Waals surface area contributed by atoms with E-state index in [2.05, 4.69) is 4.74 Å². The lowest BCUT2D eigenvalue weighted by Crippen LogP contribution is -2.02. The number of allylic oxidation sites excluding steroid dienone is 6. The van der Waals surface area contributed by atoms with Gasteiger partial charge < -0.3 is 4.74 Å². The first kappa shape index (κ1) is 19.6. The van der Waals surface area contributed by atoms with E-state index in [1.54, 1.807) is 26.0 Å². The summed E-state index contributed by atoms with van der Waals surface area (Å²) in [6, 6.07) is 1.85. The van der Waals surface area contributed by atoms with Gasteiger partial charge in [-0.15, -0.1) is 0 Å². The number of Topliss-reactive ketones (excluding diaryl/α,β-unsaturated/α-hetero) is 1. The van der Waals surface area contributed by atoms with Crippen LogP contribution < -0.4 is 0 Å². The van der Waals surface area contributed by atoms with E-state index in [4.69, 9.17) is 5.26 Å². The van der Waals surface area contributed by atoms with Crippen molar-refractivity contribution < 1.29 is 14.3 Å². The summed E-state index contributed by atoms with van der Waals surface area (Å²) < 4.78 is 4.68. The molecule has 0 rings (SSSR count). The summed E-state index contributed by atoms with van der Waals surface area (Å²) in [6.45, 7) is 5.41. The SMILES string of the molecule is C\C=C(/C=C(C)/C=C/CC/C=C(\C)C(=O)CC#N)C(=O)OC. The summed E-state index contributed by atoms with van der Waals surface area (Å²) in [5, 5.41) is 8.45. The predicted octanol–water partition coefficient (Wildman–Crippen LogP) is 3.82. The van der Waals surface area contributed by atoms with E-state index in [9.17, 15) is 9.59 Å². The number of carbonyl (C=O) groups is 2. The van der Waals surface area contributed by atoms with Crippen LogP contribution in [-0.2, 0) is 14.3 Å². The van der Waals surface area contributed by atoms with Gasteiger partial charge in [0.05, 0.1) is 25.2 Å². The molecule has 0 aliphatic carbocycles. The van der Waals surface area contributed by atoms with E-state index in [-0.39, 0.29) is 18.2 Å². The Morgan fingerprint density at radius 2 is 1.91 bits per heavy atom. The van der Waals surface area contributed by atoms with Crippen LogP contribution in [0.1, 0.15) is 40.0 Å². The van der Waals surface area contributed by atoms with Gasteiger partial charge in [-0.1, -0.05) is 29.9 Å². The molecule has 0 saturated heterocycles. The van der Waals surface area contributed by atoms with Crippen LogP contribution in [0.4, 0.5) is 0 Å². The van der Waals surface area contributed by atoms with Crippen LogP contribution in [0.15, 0.2) is 47.1 Å². The number of unbranched alkanes of at least 4 members (excludes halogenated alkanes) is 1. The molecular weight excluding hydrogens is 278 g/mol. The molecule has 22 heavy (non-hydrogen) atoms. The van der Waals surface area contributed by atoms with E-state index in [1.165, 1.54) is 7.11 Å². The highest BCUT2D eigenvalue weighted by molar-refractivity contribution is 5.96. The third kappa shape index (κ3) is 8.01. The lowest BCUT2D eigenvalue weighted by atomic mass is 10.1. The summed E-state index contributed by atoms with van der Waals surface area (Å²) in [5.74, 6) is -0.483. The number of ketones is 1. The second kappa shape index (κ2) is 11.3. The van der Waals surface area contributed by atoms with Crippen LogP contribution in [-0.4, -0.2) is 18.9 Å². The van der Waals surface area contributed by atoms with E-state index >= 15 is 0 Å². The second-order valence-electron chi connectivity index (χ2n) is 4.75. The van der Waals surface area contributed by atoms with Crippen LogP contribution >= 0.6 is 0 Å². The van der Waals surface area contributed by atoms with Crippen molar-refractivity contribution in [2.24, 2.45) is 0 Å². The average molecular weight is 301 g/mol. The predicted molar refractivity (Wildman–Crippen MR) is 86.9 cm³/mol. The Labute approximate surface area is 132 Å². The van der Waals surface area contributed by atoms with Crippen molar-refractivity contribution >= 4 is 11.8 Å². The molecular formula is C18H23NO3. The minimum atomic E-state index is -0.357. The van der Waals surface area contributed by atoms with Crippen LogP contribution in [0, 0.1) is 11.3 Å². The maximum absolute atomic E-state index is 11.4. The molecule has 0 aliphatic heterocycles. The molecule has 0 N–H and O–H groups in total. The van der Waals surface area contributed by atoms with Gasteiger partial charge in [-0.25, -0.2) is 4.79 Å². The molecule has 4 heteroatoms. The number of nitrogens with zero attached hydrogens (tertiary/aromatic N) is 1. The van der Waals surface area contributed by atoms with Crippen molar-refractivity contribution in [3.05, 3.63) is 47.1 Å². The van der Waals surface area contributed by atoms with Gasteiger partial charge >= 0.3 is 5.97 Å². The van der Waals surface area contributed by atoms with Crippen LogP contribution in [0.25, 0.3) is 0 Å². The number of hydrogen-bond donors (Lipinski definition) is 0. The van der Waals surface area contributed by atoms with Crippen molar-refractivity contribution in [1.82, 2.24) is 0 Å². The summed E-state index contributed by atoms with van der Waals surface area (Å²) in [6.07, 6.45) is 10.7. The Hall–Kier alpha value is -2.41. The molecule has 0 fully saturated rings. The fourth-order valence-corrected chi connectivity index (χ4v) is 1.66. The summed E-state index contributed by atoms with van der Waals surface area (Å²) in [4.78, 5) is 22.8. The molecule has 118 valence electrons. The molecule has 0 spiro atoms. The van der Waals surface area contributed by atoms with Gasteiger partial charge in [-0.2, -0.15) is 5.26 Å². The van der Waals surface area contributed by atoms with Crippen molar-refractivity contribution in [1.29, 1.82) is 5.26 Å². The highest BCUT2D eigenvalue weighted by Gasteiger charge is 2.04. The molecule has 0 radical (unpaired) electrons. The molecule has 0 bridgehead atoms. The quantitative estimate of drug-likeness (QED) is 0.296. The molecule has 0 atom stereocenters. The zero-order chi connectivity index (χ0) is 17.0. The maximum atomic E-state index is 11.4. The van der Waals surface area contributed by atoms with Gasteiger partial charge in [-0.05, 0) is 45.3 Å². The van der Waals surface area contributed by atoms with Crippen LogP contribution in [0.2, 0.25) is 0 Å². The number of esters is 1. The van der Waals surface area contributed by atoms with Crippen molar-refractivity contribution in [3.63, 3.8) is 0 Å². The van der Waals surface area contributed by atoms with Crippen LogP contribution in [0.5, 0.6) is 0 Å². The highest BCUT2D eigenvalue weighted by atomic mass is 16.5. The zero-order valence-electron chi connectivity index (χ0n) is 13.7. The smallest absolute Gasteiger partial charge is 0.337 e. The average Bonchev–Trinajstić information content (AvgIpc) is 2.51. The number of nitriles is 1. The number of ether oxygens (including phenoxy) is 1. The van der Waals surface area contributed by atoms with Gasteiger partial charge in [0, 0.05) is 0 Å². The number of hydrogen-bond acceptors (Lipinski definition) is 4. The van der Waals surface area contributed by atoms with Gasteiger partial charge in [-0.3, -0.25) is 4.79 Å². The van der Waals surface area contributed by atoms with Gasteiger partial charge in [0.25, 0.3) is 0 Å². The molecule has 0 aliphatic rings. The van der Waals surface area contributed by atoms with Crippen molar-refractivity contribution in [2.45, 2.75) is 40.0 Å². The zero-order valence-corrected chi connectivity index (χ0v) is 13.7. The van der Waals surface area contributed by atoms with Gasteiger partial charge in [0.1, 0.15) is 0 Å². The van der Waals surface area contributed by atoms with Gasteiger partial charge in [0.2, 0.25) is 0 Å². The molecule has 0 saturated carbocycles. The van der Waals surface area contributed by atoms with E-state index in [0.29, 0.717) is 11.1 Å². The number of methoxy groups -OCH3 is 1. The first-order valence-electron chi connectivity index (χ1n) is 7.12. The van der Waals surface area contributed by atoms with E-state index < -0.39 is 0 Å². The first-order valence-corrected chi connectivity index (χ1v) is 7.12. The normalized spacial score (nSPS) is 13.1. The Morgan fingerprint density at radius 3 is 2.45 bits per heavy atom. The van der Waals surface area contributed by atoms with Crippen molar-refractivity contribution in [3.8, 4) is 6.07 Å². The molecule has 0 aromatic carbocycles. The Kier molecular flexibility index (Phi) is 10.0. The third-order valence-electron chi connectivity index (χ3n) is 2.96. The topological polar surface area (TPSA) is 67.2 Å². The maximum Gasteiger partial charge on any atom is 0.337 e. The minimum absolute atomic E-state index is 0.0698. The molecule has 4 nitrogen and oxygen atoms in total. The highest BCUT2D eigenvalue weighted by Crippen LogP contribution is 2.08. The minimum Gasteiger partial charge on any atom is -0.465 e. The summed E-state index contributed by atoms with van der Waals surface area (Å²) in [7, 11) is 1.35. The van der Waals surface area contributed by atoms with Crippen LogP contribution in [0.3, 0.4) is 0 Å². The fraction of sp³-hybridized carbons (Fsp3) is 0.389. The van der Waals surface area contributed by atoms with Gasteiger partial charge in [0.15, 0.2) is 5.78 Å². The fourth-order valence-electron chi connectivity index (χ4n) is 1.66. The lowest BCUT2D eigenvalue weighted by Gasteiger charge is -2.00. The Morgan fingerprint density at radius 1 is 1.23 bits per heavy atom. The van der Waals surface area contributed by atoms with E-state index in [1.807, 2.05) is 31.2 Å². The molecule has 0 unspecified atom stereocenters. The van der Waals surface area contributed by atoms with Crippen molar-refractivity contribution in [2.75, 3.05) is 7.11 Å². The first-order chi connectivity index (χ1) is 10.5. The number of carbonyl (C=O) groups excluding carboxylic acids is 2.